The lowest BCUT2D eigenvalue weighted by Crippen LogP contribution is -2.42. The number of carbonyl (C=O) groups excluding carboxylic acids is 1. The number of rotatable bonds is 2. The summed E-state index contributed by atoms with van der Waals surface area (Å²) in [5.74, 6) is -1.74. The highest BCUT2D eigenvalue weighted by Crippen LogP contribution is 2.29. The van der Waals surface area contributed by atoms with Gasteiger partial charge in [-0.2, -0.15) is 0 Å². The molecular weight excluding hydrogens is 327 g/mol. The van der Waals surface area contributed by atoms with E-state index in [1.54, 1.807) is 24.3 Å². The Morgan fingerprint density at radius 2 is 2.00 bits per heavy atom. The number of hydrazine groups is 1. The van der Waals surface area contributed by atoms with Gasteiger partial charge in [-0.1, -0.05) is 47.5 Å². The van der Waals surface area contributed by atoms with Crippen molar-refractivity contribution in [2.45, 2.75) is 6.04 Å². The third kappa shape index (κ3) is 2.43. The zero-order chi connectivity index (χ0) is 15.9. The number of fused-ring (bicyclic) bond motifs is 1. The third-order valence-corrected chi connectivity index (χ3v) is 3.91. The van der Waals surface area contributed by atoms with Gasteiger partial charge >= 0.3 is 5.97 Å². The van der Waals surface area contributed by atoms with Crippen molar-refractivity contribution in [3.05, 3.63) is 69.4 Å². The van der Waals surface area contributed by atoms with E-state index in [1.807, 2.05) is 0 Å². The van der Waals surface area contributed by atoms with Crippen molar-refractivity contribution in [2.24, 2.45) is 0 Å². The molecule has 2 aliphatic rings. The summed E-state index contributed by atoms with van der Waals surface area (Å²) in [7, 11) is 0. The second kappa shape index (κ2) is 5.61. The van der Waals surface area contributed by atoms with Gasteiger partial charge in [0.1, 0.15) is 0 Å². The molecule has 1 unspecified atom stereocenters. The molecule has 7 heteroatoms. The molecular formula is C15H10Cl2N2O3. The van der Waals surface area contributed by atoms with Gasteiger partial charge in [-0.15, -0.1) is 0 Å². The van der Waals surface area contributed by atoms with Gasteiger partial charge in [-0.25, -0.2) is 15.2 Å². The van der Waals surface area contributed by atoms with Crippen LogP contribution >= 0.6 is 23.2 Å². The molecule has 0 saturated carbocycles. The molecule has 0 saturated heterocycles. The Hall–Kier alpha value is -2.08. The van der Waals surface area contributed by atoms with Crippen molar-refractivity contribution in [2.75, 3.05) is 0 Å². The number of allylic oxidation sites excluding steroid dienone is 2. The average Bonchev–Trinajstić information content (AvgIpc) is 2.86. The number of benzene rings is 1. The van der Waals surface area contributed by atoms with Crippen molar-refractivity contribution in [1.29, 1.82) is 0 Å². The topological polar surface area (TPSA) is 69.6 Å². The fraction of sp³-hybridized carbons (Fsp3) is 0.0667. The lowest BCUT2D eigenvalue weighted by Gasteiger charge is -2.20. The summed E-state index contributed by atoms with van der Waals surface area (Å²) in [6.07, 6.45) is 6.94. The molecule has 1 heterocycles. The highest BCUT2D eigenvalue weighted by Gasteiger charge is 2.37. The van der Waals surface area contributed by atoms with E-state index in [4.69, 9.17) is 23.2 Å². The molecule has 0 fully saturated rings. The van der Waals surface area contributed by atoms with Gasteiger partial charge in [0, 0.05) is 10.6 Å². The highest BCUT2D eigenvalue weighted by molar-refractivity contribution is 6.36. The third-order valence-electron chi connectivity index (χ3n) is 3.36. The molecule has 1 aromatic rings. The van der Waals surface area contributed by atoms with Crippen LogP contribution in [0.15, 0.2) is 53.8 Å². The minimum absolute atomic E-state index is 0.110. The van der Waals surface area contributed by atoms with E-state index in [0.717, 1.165) is 5.01 Å². The molecule has 22 heavy (non-hydrogen) atoms. The highest BCUT2D eigenvalue weighted by atomic mass is 35.5. The van der Waals surface area contributed by atoms with Crippen LogP contribution in [-0.4, -0.2) is 28.0 Å². The van der Waals surface area contributed by atoms with Crippen LogP contribution in [-0.2, 0) is 4.79 Å². The van der Waals surface area contributed by atoms with E-state index in [1.165, 1.54) is 18.2 Å². The largest absolute Gasteiger partial charge is 0.477 e. The maximum atomic E-state index is 12.6. The van der Waals surface area contributed by atoms with Crippen LogP contribution in [0.4, 0.5) is 0 Å². The number of carboxylic acids is 1. The first-order valence-electron chi connectivity index (χ1n) is 6.37. The molecule has 2 N–H and O–H groups in total. The van der Waals surface area contributed by atoms with E-state index in [0.29, 0.717) is 10.6 Å². The predicted molar refractivity (Wildman–Crippen MR) is 82.5 cm³/mol. The minimum atomic E-state index is -1.19. The zero-order valence-corrected chi connectivity index (χ0v) is 12.6. The van der Waals surface area contributed by atoms with E-state index in [2.05, 4.69) is 5.43 Å². The van der Waals surface area contributed by atoms with Crippen LogP contribution in [0.3, 0.4) is 0 Å². The molecule has 1 amide bonds. The summed E-state index contributed by atoms with van der Waals surface area (Å²) >= 11 is 11.8. The normalized spacial score (nSPS) is 19.5. The summed E-state index contributed by atoms with van der Waals surface area (Å²) in [6, 6.07) is 4.07. The molecule has 5 nitrogen and oxygen atoms in total. The van der Waals surface area contributed by atoms with Gasteiger partial charge in [0.25, 0.3) is 5.91 Å². The molecule has 112 valence electrons. The molecule has 1 atom stereocenters. The fourth-order valence-electron chi connectivity index (χ4n) is 2.38. The number of carbonyl (C=O) groups is 2. The van der Waals surface area contributed by atoms with Crippen LogP contribution in [0.1, 0.15) is 10.4 Å². The number of halogens is 2. The number of hydrogen-bond donors (Lipinski definition) is 2. The van der Waals surface area contributed by atoms with Crippen LogP contribution < -0.4 is 5.43 Å². The SMILES string of the molecule is O=C(O)C1=C2C=CC=CC2NN1C(=O)c1ccc(Cl)cc1Cl. The molecule has 0 bridgehead atoms. The van der Waals surface area contributed by atoms with Crippen LogP contribution in [0.5, 0.6) is 0 Å². The molecule has 3 rings (SSSR count). The van der Waals surface area contributed by atoms with Crippen molar-refractivity contribution >= 4 is 35.1 Å². The van der Waals surface area contributed by atoms with Gasteiger partial charge < -0.3 is 5.11 Å². The number of hydrogen-bond acceptors (Lipinski definition) is 3. The van der Waals surface area contributed by atoms with Crippen molar-refractivity contribution < 1.29 is 14.7 Å². The summed E-state index contributed by atoms with van der Waals surface area (Å²) in [5, 5.41) is 11.0. The first-order valence-corrected chi connectivity index (χ1v) is 7.12. The number of amides is 1. The standard InChI is InChI=1S/C15H10Cl2N2O3/c16-8-5-6-9(11(17)7-8)14(20)19-13(15(21)22)10-3-1-2-4-12(10)18-19/h1-7,12,18H,(H,21,22). The van der Waals surface area contributed by atoms with Gasteiger partial charge in [0.15, 0.2) is 5.70 Å². The molecule has 1 aliphatic carbocycles. The monoisotopic (exact) mass is 336 g/mol. The summed E-state index contributed by atoms with van der Waals surface area (Å²) in [6.45, 7) is 0. The quantitative estimate of drug-likeness (QED) is 0.871. The maximum Gasteiger partial charge on any atom is 0.354 e. The van der Waals surface area contributed by atoms with Crippen LogP contribution in [0, 0.1) is 0 Å². The number of nitrogens with zero attached hydrogens (tertiary/aromatic N) is 1. The van der Waals surface area contributed by atoms with E-state index < -0.39 is 11.9 Å². The Kier molecular flexibility index (Phi) is 3.78. The van der Waals surface area contributed by atoms with Crippen molar-refractivity contribution in [3.8, 4) is 0 Å². The fourth-order valence-corrected chi connectivity index (χ4v) is 2.87. The van der Waals surface area contributed by atoms with E-state index in [9.17, 15) is 14.7 Å². The smallest absolute Gasteiger partial charge is 0.354 e. The molecule has 0 spiro atoms. The van der Waals surface area contributed by atoms with E-state index >= 15 is 0 Å². The Morgan fingerprint density at radius 3 is 2.68 bits per heavy atom. The summed E-state index contributed by atoms with van der Waals surface area (Å²) in [5.41, 5.74) is 3.45. The molecule has 1 aliphatic heterocycles. The second-order valence-electron chi connectivity index (χ2n) is 4.72. The van der Waals surface area contributed by atoms with Crippen LogP contribution in [0.2, 0.25) is 10.0 Å². The summed E-state index contributed by atoms with van der Waals surface area (Å²) in [4.78, 5) is 24.2. The lowest BCUT2D eigenvalue weighted by molar-refractivity contribution is -0.134. The second-order valence-corrected chi connectivity index (χ2v) is 5.57. The van der Waals surface area contributed by atoms with Gasteiger partial charge in [0.2, 0.25) is 0 Å². The zero-order valence-electron chi connectivity index (χ0n) is 11.1. The van der Waals surface area contributed by atoms with Crippen LogP contribution in [0.25, 0.3) is 0 Å². The molecule has 1 aromatic carbocycles. The first-order chi connectivity index (χ1) is 10.5. The Bertz CT molecular complexity index is 768. The summed E-state index contributed by atoms with van der Waals surface area (Å²) < 4.78 is 0. The lowest BCUT2D eigenvalue weighted by atomic mass is 10.0. The number of nitrogens with one attached hydrogen (secondary N) is 1. The van der Waals surface area contributed by atoms with Gasteiger partial charge in [-0.05, 0) is 18.2 Å². The maximum absolute atomic E-state index is 12.6. The minimum Gasteiger partial charge on any atom is -0.477 e. The Balaban J connectivity index is 2.03. The van der Waals surface area contributed by atoms with Crippen molar-refractivity contribution in [1.82, 2.24) is 10.4 Å². The first kappa shape index (κ1) is 14.8. The number of carboxylic acid groups (broad SMARTS) is 1. The van der Waals surface area contributed by atoms with Crippen molar-refractivity contribution in [3.63, 3.8) is 0 Å². The van der Waals surface area contributed by atoms with E-state index in [-0.39, 0.29) is 22.3 Å². The van der Waals surface area contributed by atoms with Gasteiger partial charge in [-0.3, -0.25) is 4.79 Å². The average molecular weight is 337 g/mol. The number of aliphatic carboxylic acids is 1. The van der Waals surface area contributed by atoms with Gasteiger partial charge in [0.05, 0.1) is 16.6 Å². The predicted octanol–water partition coefficient (Wildman–Crippen LogP) is 2.79. The Morgan fingerprint density at radius 1 is 1.23 bits per heavy atom. The molecule has 0 radical (unpaired) electrons. The Labute approximate surface area is 136 Å². The molecule has 0 aromatic heterocycles.